The molecular formula is C21H18N2O3. The molecule has 1 unspecified atom stereocenters. The Kier molecular flexibility index (Phi) is 5.72. The molecule has 3 aromatic rings. The van der Waals surface area contributed by atoms with Crippen molar-refractivity contribution in [3.8, 4) is 0 Å². The molecule has 2 aromatic carbocycles. The lowest BCUT2D eigenvalue weighted by atomic mass is 9.98. The average Bonchev–Trinajstić information content (AvgIpc) is 2.72. The lowest BCUT2D eigenvalue weighted by molar-refractivity contribution is 0.0916. The zero-order valence-electron chi connectivity index (χ0n) is 14.0. The monoisotopic (exact) mass is 346 g/mol. The van der Waals surface area contributed by atoms with Crippen LogP contribution < -0.4 is 5.32 Å². The van der Waals surface area contributed by atoms with Gasteiger partial charge in [-0.3, -0.25) is 9.78 Å². The van der Waals surface area contributed by atoms with Crippen LogP contribution in [0.1, 0.15) is 27.5 Å². The highest BCUT2D eigenvalue weighted by Crippen LogP contribution is 2.18. The molecule has 0 aliphatic carbocycles. The first-order valence-electron chi connectivity index (χ1n) is 8.20. The summed E-state index contributed by atoms with van der Waals surface area (Å²) in [6.45, 7) is 0.137. The molecule has 0 bridgehead atoms. The summed E-state index contributed by atoms with van der Waals surface area (Å²) in [7, 11) is 0. The fourth-order valence-corrected chi connectivity index (χ4v) is 2.51. The first-order valence-corrected chi connectivity index (χ1v) is 8.20. The molecule has 0 spiro atoms. The molecular weight excluding hydrogens is 328 g/mol. The molecule has 1 N–H and O–H groups in total. The van der Waals surface area contributed by atoms with Crippen LogP contribution in [0, 0.1) is 0 Å². The Morgan fingerprint density at radius 1 is 0.885 bits per heavy atom. The van der Waals surface area contributed by atoms with E-state index in [-0.39, 0.29) is 12.4 Å². The molecule has 3 rings (SSSR count). The summed E-state index contributed by atoms with van der Waals surface area (Å²) >= 11 is 0. The van der Waals surface area contributed by atoms with Crippen LogP contribution in [0.4, 0.5) is 4.79 Å². The fraction of sp³-hybridized carbons (Fsp3) is 0.0952. The first-order chi connectivity index (χ1) is 12.7. The third-order valence-electron chi connectivity index (χ3n) is 3.83. The number of benzene rings is 2. The highest BCUT2D eigenvalue weighted by molar-refractivity contribution is 6.01. The van der Waals surface area contributed by atoms with Gasteiger partial charge in [-0.05, 0) is 23.3 Å². The normalized spacial score (nSPS) is 11.4. The number of Topliss-reactive ketones (excluding diaryl/α,β-unsaturated/α-hetero) is 1. The van der Waals surface area contributed by atoms with Crippen molar-refractivity contribution in [2.45, 2.75) is 12.6 Å². The van der Waals surface area contributed by atoms with Gasteiger partial charge in [0.1, 0.15) is 12.6 Å². The van der Waals surface area contributed by atoms with Crippen LogP contribution in [0.3, 0.4) is 0 Å². The van der Waals surface area contributed by atoms with Gasteiger partial charge >= 0.3 is 6.09 Å². The summed E-state index contributed by atoms with van der Waals surface area (Å²) in [5.74, 6) is -0.227. The van der Waals surface area contributed by atoms with Gasteiger partial charge in [-0.15, -0.1) is 0 Å². The lowest BCUT2D eigenvalue weighted by Crippen LogP contribution is -2.34. The standard InChI is InChI=1S/C21H18N2O3/c24-20(18-11-13-22-14-12-18)19(17-9-5-2-6-10-17)23-21(25)26-15-16-7-3-1-4-8-16/h1-14,19H,15H2,(H,23,25). The van der Waals surface area contributed by atoms with E-state index < -0.39 is 12.1 Å². The van der Waals surface area contributed by atoms with Gasteiger partial charge in [-0.1, -0.05) is 60.7 Å². The van der Waals surface area contributed by atoms with Crippen molar-refractivity contribution in [2.24, 2.45) is 0 Å². The number of hydrogen-bond donors (Lipinski definition) is 1. The van der Waals surface area contributed by atoms with E-state index >= 15 is 0 Å². The maximum Gasteiger partial charge on any atom is 0.408 e. The van der Waals surface area contributed by atoms with Gasteiger partial charge in [-0.2, -0.15) is 0 Å². The molecule has 0 fully saturated rings. The first kappa shape index (κ1) is 17.4. The summed E-state index contributed by atoms with van der Waals surface area (Å²) in [6.07, 6.45) is 2.44. The number of nitrogens with zero attached hydrogens (tertiary/aromatic N) is 1. The Morgan fingerprint density at radius 2 is 1.50 bits per heavy atom. The van der Waals surface area contributed by atoms with Crippen LogP contribution in [0.25, 0.3) is 0 Å². The third-order valence-corrected chi connectivity index (χ3v) is 3.83. The number of carbonyl (C=O) groups excluding carboxylic acids is 2. The molecule has 0 aliphatic heterocycles. The van der Waals surface area contributed by atoms with E-state index in [1.165, 1.54) is 0 Å². The van der Waals surface area contributed by atoms with Crippen molar-refractivity contribution >= 4 is 11.9 Å². The number of ether oxygens (including phenoxy) is 1. The van der Waals surface area contributed by atoms with E-state index in [4.69, 9.17) is 4.74 Å². The molecule has 0 saturated heterocycles. The van der Waals surface area contributed by atoms with E-state index in [9.17, 15) is 9.59 Å². The number of nitrogens with one attached hydrogen (secondary N) is 1. The summed E-state index contributed by atoms with van der Waals surface area (Å²) < 4.78 is 5.25. The quantitative estimate of drug-likeness (QED) is 0.687. The third kappa shape index (κ3) is 4.54. The molecule has 0 aliphatic rings. The predicted octanol–water partition coefficient (Wildman–Crippen LogP) is 3.93. The van der Waals surface area contributed by atoms with Crippen LogP contribution in [-0.2, 0) is 11.3 Å². The lowest BCUT2D eigenvalue weighted by Gasteiger charge is -2.18. The van der Waals surface area contributed by atoms with Crippen LogP contribution in [0.5, 0.6) is 0 Å². The summed E-state index contributed by atoms with van der Waals surface area (Å²) in [4.78, 5) is 29.0. The van der Waals surface area contributed by atoms with Crippen LogP contribution in [0.15, 0.2) is 85.2 Å². The minimum Gasteiger partial charge on any atom is -0.445 e. The molecule has 1 aromatic heterocycles. The van der Waals surface area contributed by atoms with Crippen molar-refractivity contribution < 1.29 is 14.3 Å². The van der Waals surface area contributed by atoms with Gasteiger partial charge < -0.3 is 10.1 Å². The predicted molar refractivity (Wildman–Crippen MR) is 97.5 cm³/mol. The van der Waals surface area contributed by atoms with Gasteiger partial charge in [0.25, 0.3) is 0 Å². The molecule has 130 valence electrons. The minimum absolute atomic E-state index is 0.137. The van der Waals surface area contributed by atoms with Gasteiger partial charge in [-0.25, -0.2) is 4.79 Å². The molecule has 5 nitrogen and oxygen atoms in total. The number of carbonyl (C=O) groups is 2. The van der Waals surface area contributed by atoms with Crippen LogP contribution in [0.2, 0.25) is 0 Å². The smallest absolute Gasteiger partial charge is 0.408 e. The van der Waals surface area contributed by atoms with E-state index in [0.29, 0.717) is 11.1 Å². The molecule has 5 heteroatoms. The zero-order valence-corrected chi connectivity index (χ0v) is 14.0. The second-order valence-corrected chi connectivity index (χ2v) is 5.65. The Labute approximate surface area is 151 Å². The Bertz CT molecular complexity index is 852. The summed E-state index contributed by atoms with van der Waals surface area (Å²) in [5, 5.41) is 2.67. The SMILES string of the molecule is O=C(NC(C(=O)c1ccncc1)c1ccccc1)OCc1ccccc1. The van der Waals surface area contributed by atoms with Crippen molar-refractivity contribution in [3.63, 3.8) is 0 Å². The van der Waals surface area contributed by atoms with Crippen molar-refractivity contribution in [3.05, 3.63) is 102 Å². The number of aromatic nitrogens is 1. The van der Waals surface area contributed by atoms with E-state index in [2.05, 4.69) is 10.3 Å². The number of pyridine rings is 1. The topological polar surface area (TPSA) is 68.3 Å². The summed E-state index contributed by atoms with van der Waals surface area (Å²) in [6, 6.07) is 20.8. The number of hydrogen-bond acceptors (Lipinski definition) is 4. The highest BCUT2D eigenvalue weighted by Gasteiger charge is 2.24. The fourth-order valence-electron chi connectivity index (χ4n) is 2.51. The number of amides is 1. The van der Waals surface area contributed by atoms with Crippen LogP contribution >= 0.6 is 0 Å². The molecule has 26 heavy (non-hydrogen) atoms. The number of alkyl carbamates (subject to hydrolysis) is 1. The van der Waals surface area contributed by atoms with Gasteiger partial charge in [0.2, 0.25) is 0 Å². The average molecular weight is 346 g/mol. The Balaban J connectivity index is 1.73. The maximum atomic E-state index is 12.9. The largest absolute Gasteiger partial charge is 0.445 e. The molecule has 1 atom stereocenters. The summed E-state index contributed by atoms with van der Waals surface area (Å²) in [5.41, 5.74) is 2.03. The van der Waals surface area contributed by atoms with E-state index in [0.717, 1.165) is 5.56 Å². The van der Waals surface area contributed by atoms with Crippen LogP contribution in [-0.4, -0.2) is 16.9 Å². The molecule has 1 heterocycles. The molecule has 1 amide bonds. The van der Waals surface area contributed by atoms with Gasteiger partial charge in [0.15, 0.2) is 5.78 Å². The number of ketones is 1. The second kappa shape index (κ2) is 8.58. The maximum absolute atomic E-state index is 12.9. The Morgan fingerprint density at radius 3 is 2.15 bits per heavy atom. The highest BCUT2D eigenvalue weighted by atomic mass is 16.5. The molecule has 0 radical (unpaired) electrons. The molecule has 0 saturated carbocycles. The van der Waals surface area contributed by atoms with E-state index in [1.54, 1.807) is 36.7 Å². The number of rotatable bonds is 6. The minimum atomic E-state index is -0.832. The zero-order chi connectivity index (χ0) is 18.2. The van der Waals surface area contributed by atoms with E-state index in [1.807, 2.05) is 48.5 Å². The van der Waals surface area contributed by atoms with Gasteiger partial charge in [0, 0.05) is 18.0 Å². The second-order valence-electron chi connectivity index (χ2n) is 5.65. The van der Waals surface area contributed by atoms with Crippen molar-refractivity contribution in [1.82, 2.24) is 10.3 Å². The Hall–Kier alpha value is -3.47. The van der Waals surface area contributed by atoms with Crippen molar-refractivity contribution in [2.75, 3.05) is 0 Å². The van der Waals surface area contributed by atoms with Gasteiger partial charge in [0.05, 0.1) is 0 Å². The van der Waals surface area contributed by atoms with Crippen molar-refractivity contribution in [1.29, 1.82) is 0 Å².